The van der Waals surface area contributed by atoms with Gasteiger partial charge in [0.2, 0.25) is 0 Å². The van der Waals surface area contributed by atoms with E-state index in [1.165, 1.54) is 6.20 Å². The van der Waals surface area contributed by atoms with E-state index < -0.39 is 5.91 Å². The molecular formula is C18H20N4O2. The van der Waals surface area contributed by atoms with Crippen LogP contribution < -0.4 is 15.8 Å². The number of nitrogens with one attached hydrogen (secondary N) is 1. The number of primary amides is 1. The van der Waals surface area contributed by atoms with Crippen LogP contribution in [0.1, 0.15) is 24.2 Å². The topological polar surface area (TPSA) is 81.6 Å². The van der Waals surface area contributed by atoms with Crippen molar-refractivity contribution in [3.63, 3.8) is 0 Å². The summed E-state index contributed by atoms with van der Waals surface area (Å²) in [6.07, 6.45) is 3.42. The molecule has 1 amide bonds. The number of carbonyl (C=O) groups excluding carboxylic acids is 1. The first-order chi connectivity index (χ1) is 11.5. The Labute approximate surface area is 140 Å². The molecule has 0 saturated heterocycles. The molecule has 2 aromatic heterocycles. The van der Waals surface area contributed by atoms with Crippen molar-refractivity contribution in [3.8, 4) is 16.9 Å². The first kappa shape index (κ1) is 15.9. The molecule has 2 heterocycles. The van der Waals surface area contributed by atoms with Crippen LogP contribution in [-0.2, 0) is 0 Å². The van der Waals surface area contributed by atoms with Crippen molar-refractivity contribution < 1.29 is 9.53 Å². The zero-order valence-electron chi connectivity index (χ0n) is 13.9. The van der Waals surface area contributed by atoms with Gasteiger partial charge in [-0.2, -0.15) is 5.10 Å². The summed E-state index contributed by atoms with van der Waals surface area (Å²) < 4.78 is 6.94. The summed E-state index contributed by atoms with van der Waals surface area (Å²) in [6.45, 7) is 4.02. The van der Waals surface area contributed by atoms with Crippen LogP contribution in [0.25, 0.3) is 16.6 Å². The molecule has 3 aromatic rings. The number of amides is 1. The van der Waals surface area contributed by atoms with Crippen molar-refractivity contribution in [1.29, 1.82) is 0 Å². The van der Waals surface area contributed by atoms with Gasteiger partial charge in [0.05, 0.1) is 30.1 Å². The van der Waals surface area contributed by atoms with E-state index in [0.29, 0.717) is 11.3 Å². The number of anilines is 1. The highest BCUT2D eigenvalue weighted by Gasteiger charge is 2.16. The van der Waals surface area contributed by atoms with Crippen LogP contribution >= 0.6 is 0 Å². The number of carbonyl (C=O) groups is 1. The number of hydrogen-bond acceptors (Lipinski definition) is 4. The van der Waals surface area contributed by atoms with E-state index in [4.69, 9.17) is 10.5 Å². The number of ether oxygens (including phenoxy) is 1. The first-order valence-corrected chi connectivity index (χ1v) is 7.71. The lowest BCUT2D eigenvalue weighted by molar-refractivity contribution is 0.100. The van der Waals surface area contributed by atoms with E-state index in [2.05, 4.69) is 10.4 Å². The molecule has 0 fully saturated rings. The minimum atomic E-state index is -0.500. The van der Waals surface area contributed by atoms with Gasteiger partial charge in [-0.05, 0) is 37.6 Å². The van der Waals surface area contributed by atoms with Gasteiger partial charge in [-0.1, -0.05) is 12.1 Å². The van der Waals surface area contributed by atoms with E-state index >= 15 is 0 Å². The van der Waals surface area contributed by atoms with Crippen molar-refractivity contribution in [3.05, 3.63) is 48.3 Å². The summed E-state index contributed by atoms with van der Waals surface area (Å²) >= 11 is 0. The molecule has 0 radical (unpaired) electrons. The Kier molecular flexibility index (Phi) is 4.12. The summed E-state index contributed by atoms with van der Waals surface area (Å²) in [4.78, 5) is 11.7. The minimum Gasteiger partial charge on any atom is -0.497 e. The summed E-state index contributed by atoms with van der Waals surface area (Å²) in [5.74, 6) is 0.305. The lowest BCUT2D eigenvalue weighted by Gasteiger charge is -2.14. The molecule has 3 rings (SSSR count). The minimum absolute atomic E-state index is 0.161. The Morgan fingerprint density at radius 2 is 1.96 bits per heavy atom. The van der Waals surface area contributed by atoms with Crippen LogP contribution in [0.5, 0.6) is 5.75 Å². The van der Waals surface area contributed by atoms with Gasteiger partial charge in [0, 0.05) is 17.8 Å². The van der Waals surface area contributed by atoms with E-state index in [1.807, 2.05) is 50.4 Å². The van der Waals surface area contributed by atoms with Gasteiger partial charge in [-0.25, -0.2) is 4.52 Å². The number of methoxy groups -OCH3 is 1. The predicted octanol–water partition coefficient (Wildman–Crippen LogP) is 2.93. The maximum atomic E-state index is 11.7. The van der Waals surface area contributed by atoms with E-state index in [-0.39, 0.29) is 6.04 Å². The van der Waals surface area contributed by atoms with E-state index in [1.54, 1.807) is 11.6 Å². The maximum Gasteiger partial charge on any atom is 0.252 e. The molecule has 124 valence electrons. The number of rotatable bonds is 5. The SMILES string of the molecule is COc1ccc(-c2cc3c(NC(C)C)c(C(N)=O)cnn3c2)cc1. The molecule has 3 N–H and O–H groups in total. The Hall–Kier alpha value is -3.02. The van der Waals surface area contributed by atoms with Gasteiger partial charge in [-0.3, -0.25) is 4.79 Å². The number of nitrogens with two attached hydrogens (primary N) is 1. The Balaban J connectivity index is 2.14. The van der Waals surface area contributed by atoms with Crippen LogP contribution in [-0.4, -0.2) is 28.7 Å². The van der Waals surface area contributed by atoms with Crippen LogP contribution in [0.4, 0.5) is 5.69 Å². The lowest BCUT2D eigenvalue weighted by Crippen LogP contribution is -2.19. The Morgan fingerprint density at radius 3 is 2.54 bits per heavy atom. The number of fused-ring (bicyclic) bond motifs is 1. The summed E-state index contributed by atoms with van der Waals surface area (Å²) in [6, 6.07) is 9.94. The zero-order valence-corrected chi connectivity index (χ0v) is 13.9. The van der Waals surface area contributed by atoms with Crippen molar-refractivity contribution in [2.75, 3.05) is 12.4 Å². The largest absolute Gasteiger partial charge is 0.497 e. The van der Waals surface area contributed by atoms with Gasteiger partial charge in [0.15, 0.2) is 0 Å². The van der Waals surface area contributed by atoms with Crippen LogP contribution in [0.3, 0.4) is 0 Å². The molecule has 0 atom stereocenters. The number of hydrogen-bond donors (Lipinski definition) is 2. The predicted molar refractivity (Wildman–Crippen MR) is 94.5 cm³/mol. The molecular weight excluding hydrogens is 304 g/mol. The molecule has 6 heteroatoms. The molecule has 0 unspecified atom stereocenters. The van der Waals surface area contributed by atoms with Crippen molar-refractivity contribution in [2.24, 2.45) is 5.73 Å². The summed E-state index contributed by atoms with van der Waals surface area (Å²) in [5.41, 5.74) is 9.42. The fourth-order valence-corrected chi connectivity index (χ4v) is 2.63. The molecule has 24 heavy (non-hydrogen) atoms. The lowest BCUT2D eigenvalue weighted by atomic mass is 10.1. The van der Waals surface area contributed by atoms with Gasteiger partial charge < -0.3 is 15.8 Å². The summed E-state index contributed by atoms with van der Waals surface area (Å²) in [7, 11) is 1.64. The third kappa shape index (κ3) is 2.90. The molecule has 0 aliphatic carbocycles. The van der Waals surface area contributed by atoms with E-state index in [9.17, 15) is 4.79 Å². The Morgan fingerprint density at radius 1 is 1.25 bits per heavy atom. The van der Waals surface area contributed by atoms with Gasteiger partial charge in [-0.15, -0.1) is 0 Å². The average Bonchev–Trinajstić information content (AvgIpc) is 2.99. The standard InChI is InChI=1S/C18H20N4O2/c1-11(2)21-17-15(18(19)23)9-20-22-10-13(8-16(17)22)12-4-6-14(24-3)7-5-12/h4-11,21H,1-3H3,(H2,19,23). The zero-order chi connectivity index (χ0) is 17.3. The van der Waals surface area contributed by atoms with Crippen LogP contribution in [0, 0.1) is 0 Å². The molecule has 0 aliphatic heterocycles. The quantitative estimate of drug-likeness (QED) is 0.756. The molecule has 0 aliphatic rings. The van der Waals surface area contributed by atoms with Crippen LogP contribution in [0.15, 0.2) is 42.7 Å². The highest BCUT2D eigenvalue weighted by Crippen LogP contribution is 2.29. The normalized spacial score (nSPS) is 11.0. The molecule has 0 bridgehead atoms. The van der Waals surface area contributed by atoms with Crippen LogP contribution in [0.2, 0.25) is 0 Å². The fourth-order valence-electron chi connectivity index (χ4n) is 2.63. The fraction of sp³-hybridized carbons (Fsp3) is 0.222. The molecule has 0 spiro atoms. The second-order valence-corrected chi connectivity index (χ2v) is 5.88. The van der Waals surface area contributed by atoms with Gasteiger partial charge >= 0.3 is 0 Å². The van der Waals surface area contributed by atoms with Gasteiger partial charge in [0.1, 0.15) is 5.75 Å². The molecule has 0 saturated carbocycles. The number of aromatic nitrogens is 2. The second kappa shape index (κ2) is 6.23. The third-order valence-corrected chi connectivity index (χ3v) is 3.76. The highest BCUT2D eigenvalue weighted by molar-refractivity contribution is 6.02. The van der Waals surface area contributed by atoms with E-state index in [0.717, 1.165) is 22.4 Å². The first-order valence-electron chi connectivity index (χ1n) is 7.71. The smallest absolute Gasteiger partial charge is 0.252 e. The second-order valence-electron chi connectivity index (χ2n) is 5.88. The third-order valence-electron chi connectivity index (χ3n) is 3.76. The monoisotopic (exact) mass is 324 g/mol. The maximum absolute atomic E-state index is 11.7. The number of benzene rings is 1. The van der Waals surface area contributed by atoms with Crippen molar-refractivity contribution in [1.82, 2.24) is 9.61 Å². The van der Waals surface area contributed by atoms with Gasteiger partial charge in [0.25, 0.3) is 5.91 Å². The van der Waals surface area contributed by atoms with Crippen molar-refractivity contribution in [2.45, 2.75) is 19.9 Å². The number of nitrogens with zero attached hydrogens (tertiary/aromatic N) is 2. The average molecular weight is 324 g/mol. The Bertz CT molecular complexity index is 882. The molecule has 1 aromatic carbocycles. The summed E-state index contributed by atoms with van der Waals surface area (Å²) in [5, 5.41) is 7.60. The highest BCUT2D eigenvalue weighted by atomic mass is 16.5. The molecule has 6 nitrogen and oxygen atoms in total. The van der Waals surface area contributed by atoms with Crippen molar-refractivity contribution >= 4 is 17.1 Å².